The molecule has 0 aromatic carbocycles. The van der Waals surface area contributed by atoms with Crippen LogP contribution in [0.2, 0.25) is 0 Å². The molecule has 0 radical (unpaired) electrons. The van der Waals surface area contributed by atoms with Crippen molar-refractivity contribution in [3.63, 3.8) is 0 Å². The maximum atomic E-state index is 7.13. The molecule has 0 spiro atoms. The van der Waals surface area contributed by atoms with E-state index >= 15 is 0 Å². The minimum absolute atomic E-state index is 0. The summed E-state index contributed by atoms with van der Waals surface area (Å²) in [5.74, 6) is 0. The monoisotopic (exact) mass is 211 g/mol. The van der Waals surface area contributed by atoms with E-state index in [2.05, 4.69) is 0 Å². The zero-order valence-corrected chi connectivity index (χ0v) is 7.26. The third kappa shape index (κ3) is 24.6. The van der Waals surface area contributed by atoms with Gasteiger partial charge in [-0.15, -0.1) is 0 Å². The van der Waals surface area contributed by atoms with Gasteiger partial charge in [0.15, 0.2) is 0 Å². The van der Waals surface area contributed by atoms with Crippen LogP contribution in [0.15, 0.2) is 0 Å². The molecule has 0 unspecified atom stereocenters. The summed E-state index contributed by atoms with van der Waals surface area (Å²) in [5, 5.41) is 0. The van der Waals surface area contributed by atoms with Crippen molar-refractivity contribution in [1.29, 1.82) is 0 Å². The van der Waals surface area contributed by atoms with Crippen LogP contribution in [0, 0.1) is 0 Å². The molecule has 31 valence electrons. The Labute approximate surface area is 70.4 Å². The fraction of sp³-hybridized carbons (Fsp3) is 0. The Hall–Kier alpha value is 1.93. The zero-order valence-electron chi connectivity index (χ0n) is 2.16. The number of hydrogen-bond donors (Lipinski definition) is 1. The molecule has 1 nitrogen and oxygen atoms in total. The van der Waals surface area contributed by atoms with E-state index in [1.54, 1.807) is 0 Å². The van der Waals surface area contributed by atoms with Gasteiger partial charge in [0, 0.05) is 0 Å². The van der Waals surface area contributed by atoms with Crippen molar-refractivity contribution in [3.8, 4) is 0 Å². The first-order chi connectivity index (χ1) is 1.00. The molecule has 0 aromatic rings. The van der Waals surface area contributed by atoms with Crippen LogP contribution in [-0.4, -0.2) is 2.42 Å². The summed E-state index contributed by atoms with van der Waals surface area (Å²) in [5.41, 5.74) is 0. The standard InChI is InChI=1S/3ClH.H2O.Y/h3*1H;1H2;/q;;;;+4/p-4. The van der Waals surface area contributed by atoms with Crippen LogP contribution in [0.4, 0.5) is 0 Å². The fourth-order valence-electron chi connectivity index (χ4n) is 0. The average molecular weight is 212 g/mol. The van der Waals surface area contributed by atoms with Gasteiger partial charge in [-0.1, -0.05) is 0 Å². The second kappa shape index (κ2) is 38.6. The van der Waals surface area contributed by atoms with E-state index in [0.29, 0.717) is 31.5 Å². The van der Waals surface area contributed by atoms with Crippen molar-refractivity contribution in [2.75, 3.05) is 0 Å². The predicted molar refractivity (Wildman–Crippen MR) is 2.22 cm³/mol. The summed E-state index contributed by atoms with van der Waals surface area (Å²) in [6.07, 6.45) is 0. The molecule has 0 saturated heterocycles. The third-order valence-corrected chi connectivity index (χ3v) is 0. The van der Waals surface area contributed by atoms with Gasteiger partial charge in [-0.2, -0.15) is 0 Å². The molecule has 5 heteroatoms. The number of rotatable bonds is 0. The molecular weight excluding hydrogens is 211 g/mol. The van der Waals surface area contributed by atoms with Crippen molar-refractivity contribution in [2.45, 2.75) is 0 Å². The van der Waals surface area contributed by atoms with E-state index in [1.165, 1.54) is 0 Å². The first-order valence-corrected chi connectivity index (χ1v) is 1.53. The quantitative estimate of drug-likeness (QED) is 0.423. The van der Waals surface area contributed by atoms with Crippen molar-refractivity contribution >= 4 is 0 Å². The van der Waals surface area contributed by atoms with Crippen molar-refractivity contribution in [1.82, 2.24) is 0 Å². The van der Waals surface area contributed by atoms with Crippen LogP contribution >= 0.6 is 0 Å². The van der Waals surface area contributed by atoms with Gasteiger partial charge < -0.3 is 37.2 Å². The average Bonchev–Trinajstić information content (AvgIpc) is 1.00. The van der Waals surface area contributed by atoms with Gasteiger partial charge in [0.2, 0.25) is 0 Å². The Bertz CT molecular complexity index is 6.85. The number of hydrogen-bond acceptors (Lipinski definition) is 1. The van der Waals surface area contributed by atoms with E-state index in [4.69, 9.17) is 2.42 Å². The van der Waals surface area contributed by atoms with Crippen LogP contribution in [0.1, 0.15) is 0 Å². The van der Waals surface area contributed by atoms with E-state index in [9.17, 15) is 0 Å². The second-order valence-corrected chi connectivity index (χ2v) is 0. The van der Waals surface area contributed by atoms with Crippen molar-refractivity contribution in [2.24, 2.45) is 0 Å². The van der Waals surface area contributed by atoms with E-state index in [-0.39, 0.29) is 37.2 Å². The summed E-state index contributed by atoms with van der Waals surface area (Å²) < 4.78 is 7.13. The molecule has 0 amide bonds. The summed E-state index contributed by atoms with van der Waals surface area (Å²) in [7, 11) is 0. The maximum absolute atomic E-state index is 7.13. The Balaban J connectivity index is -0.00000000167. The fourth-order valence-corrected chi connectivity index (χ4v) is 0. The van der Waals surface area contributed by atoms with Crippen molar-refractivity contribution in [3.05, 3.63) is 0 Å². The van der Waals surface area contributed by atoms with Gasteiger partial charge >= 0.3 is 33.9 Å². The van der Waals surface area contributed by atoms with Gasteiger partial charge in [-0.25, -0.2) is 0 Å². The first-order valence-electron chi connectivity index (χ1n) is 0.258. The third-order valence-electron chi connectivity index (χ3n) is 0. The summed E-state index contributed by atoms with van der Waals surface area (Å²) >= 11 is 0.350. The van der Waals surface area contributed by atoms with Crippen LogP contribution < -0.4 is 37.2 Å². The van der Waals surface area contributed by atoms with Crippen LogP contribution in [0.25, 0.3) is 0 Å². The van der Waals surface area contributed by atoms with Gasteiger partial charge in [0.1, 0.15) is 0 Å². The first kappa shape index (κ1) is 28.4. The van der Waals surface area contributed by atoms with Gasteiger partial charge in [0.25, 0.3) is 0 Å². The molecule has 0 aliphatic rings. The molecule has 1 N–H and O–H groups in total. The summed E-state index contributed by atoms with van der Waals surface area (Å²) in [6, 6.07) is 0. The van der Waals surface area contributed by atoms with Crippen molar-refractivity contribution < 1.29 is 71.1 Å². The van der Waals surface area contributed by atoms with Gasteiger partial charge in [-0.3, -0.25) is 0 Å². The Morgan fingerprint density at radius 3 is 0.800 bits per heavy atom. The molecular formula is HCl3OY. The zero-order chi connectivity index (χ0) is 2.00. The minimum atomic E-state index is 0. The summed E-state index contributed by atoms with van der Waals surface area (Å²) in [6.45, 7) is 0. The van der Waals surface area contributed by atoms with Gasteiger partial charge in [-0.05, 0) is 0 Å². The molecule has 0 saturated carbocycles. The molecule has 0 heterocycles. The Kier molecular flexibility index (Phi) is 219. The molecule has 0 aromatic heterocycles. The van der Waals surface area contributed by atoms with E-state index < -0.39 is 0 Å². The molecule has 0 fully saturated rings. The second-order valence-electron chi connectivity index (χ2n) is 0. The summed E-state index contributed by atoms with van der Waals surface area (Å²) in [4.78, 5) is 0. The van der Waals surface area contributed by atoms with Crippen LogP contribution in [-0.2, 0) is 31.5 Å². The predicted octanol–water partition coefficient (Wildman–Crippen LogP) is -9.55. The Morgan fingerprint density at radius 1 is 0.800 bits per heavy atom. The topological polar surface area (TPSA) is 20.2 Å². The normalized spacial score (nSPS) is 1.40. The molecule has 0 aliphatic carbocycles. The Morgan fingerprint density at radius 2 is 0.800 bits per heavy atom. The van der Waals surface area contributed by atoms with E-state index in [1.807, 2.05) is 0 Å². The van der Waals surface area contributed by atoms with E-state index in [0.717, 1.165) is 0 Å². The molecule has 0 atom stereocenters. The van der Waals surface area contributed by atoms with Crippen LogP contribution in [0.3, 0.4) is 0 Å². The molecule has 0 rings (SSSR count). The molecule has 0 aliphatic heterocycles. The molecule has 0 bridgehead atoms. The molecule has 5 heavy (non-hydrogen) atoms. The van der Waals surface area contributed by atoms with Gasteiger partial charge in [0.05, 0.1) is 0 Å². The van der Waals surface area contributed by atoms with Crippen LogP contribution in [0.5, 0.6) is 0 Å². The number of halogens is 3. The SMILES string of the molecule is [Cl-].[Cl-].[Cl-].[OH][Y+3].